The number of hydrogen-bond acceptors (Lipinski definition) is 3. The highest BCUT2D eigenvalue weighted by molar-refractivity contribution is 6.35. The molecule has 0 saturated heterocycles. The molecule has 0 unspecified atom stereocenters. The Kier molecular flexibility index (Phi) is 4.64. The molecule has 0 aliphatic carbocycles. The molecule has 24 heavy (non-hydrogen) atoms. The van der Waals surface area contributed by atoms with E-state index in [1.54, 1.807) is 30.6 Å². The average Bonchev–Trinajstić information content (AvgIpc) is 2.55. The number of nitrogens with zero attached hydrogens (tertiary/aromatic N) is 2. The van der Waals surface area contributed by atoms with Crippen molar-refractivity contribution in [1.29, 1.82) is 0 Å². The van der Waals surface area contributed by atoms with Gasteiger partial charge in [-0.3, -0.25) is 9.59 Å². The predicted octanol–water partition coefficient (Wildman–Crippen LogP) is 3.11. The van der Waals surface area contributed by atoms with Crippen molar-refractivity contribution in [3.05, 3.63) is 79.0 Å². The number of pyridine rings is 1. The van der Waals surface area contributed by atoms with Gasteiger partial charge in [0.25, 0.3) is 5.56 Å². The van der Waals surface area contributed by atoms with Crippen LogP contribution in [-0.4, -0.2) is 14.1 Å². The van der Waals surface area contributed by atoms with Gasteiger partial charge in [0.2, 0.25) is 5.43 Å². The van der Waals surface area contributed by atoms with Crippen LogP contribution in [0.1, 0.15) is 12.0 Å². The Hall–Kier alpha value is -2.24. The highest BCUT2D eigenvalue weighted by Crippen LogP contribution is 2.25. The van der Waals surface area contributed by atoms with Gasteiger partial charge in [0.05, 0.1) is 0 Å². The lowest BCUT2D eigenvalue weighted by molar-refractivity contribution is 0.471. The molecule has 2 heterocycles. The Morgan fingerprint density at radius 3 is 2.42 bits per heavy atom. The minimum Gasteiger partial charge on any atom is -0.503 e. The number of aryl methyl sites for hydroxylation is 1. The summed E-state index contributed by atoms with van der Waals surface area (Å²) in [6, 6.07) is 6.54. The lowest BCUT2D eigenvalue weighted by atomic mass is 10.1. The Bertz CT molecular complexity index is 1000. The van der Waals surface area contributed by atoms with Crippen molar-refractivity contribution in [2.75, 3.05) is 0 Å². The molecular weight excluding hydrogens is 351 g/mol. The maximum Gasteiger partial charge on any atom is 0.278 e. The van der Waals surface area contributed by atoms with E-state index in [0.29, 0.717) is 29.4 Å². The van der Waals surface area contributed by atoms with Gasteiger partial charge in [-0.05, 0) is 30.5 Å². The first-order chi connectivity index (χ1) is 11.5. The largest absolute Gasteiger partial charge is 0.503 e. The monoisotopic (exact) mass is 364 g/mol. The molecule has 0 fully saturated rings. The van der Waals surface area contributed by atoms with Crippen LogP contribution in [0.5, 0.6) is 5.75 Å². The fourth-order valence-corrected chi connectivity index (χ4v) is 3.19. The van der Waals surface area contributed by atoms with E-state index in [0.717, 1.165) is 5.56 Å². The summed E-state index contributed by atoms with van der Waals surface area (Å²) in [4.78, 5) is 24.0. The van der Waals surface area contributed by atoms with Gasteiger partial charge in [-0.2, -0.15) is 0 Å². The second kappa shape index (κ2) is 6.71. The van der Waals surface area contributed by atoms with Crippen molar-refractivity contribution in [1.82, 2.24) is 8.97 Å². The van der Waals surface area contributed by atoms with Crippen molar-refractivity contribution in [3.8, 4) is 5.75 Å². The maximum absolute atomic E-state index is 12.5. The number of fused-ring (bicyclic) bond motifs is 1. The molecule has 0 aliphatic heterocycles. The summed E-state index contributed by atoms with van der Waals surface area (Å²) in [6.45, 7) is 0.416. The summed E-state index contributed by atoms with van der Waals surface area (Å²) in [5.74, 6) is -0.536. The summed E-state index contributed by atoms with van der Waals surface area (Å²) >= 11 is 12.3. The van der Waals surface area contributed by atoms with E-state index >= 15 is 0 Å². The quantitative estimate of drug-likeness (QED) is 0.773. The third-order valence-corrected chi connectivity index (χ3v) is 4.57. The van der Waals surface area contributed by atoms with Crippen LogP contribution in [0.2, 0.25) is 10.0 Å². The topological polar surface area (TPSA) is 63.7 Å². The minimum atomic E-state index is -0.576. The summed E-state index contributed by atoms with van der Waals surface area (Å²) in [7, 11) is 0. The number of rotatable bonds is 4. The van der Waals surface area contributed by atoms with E-state index in [9.17, 15) is 14.7 Å². The SMILES string of the molecule is O=c1ccn2ccn(CCCc3c(Cl)cccc3Cl)c(=O)c2c1O. The molecule has 3 aromatic rings. The minimum absolute atomic E-state index is 0.0271. The first-order valence-electron chi connectivity index (χ1n) is 7.35. The molecular formula is C17H14Cl2N2O3. The first-order valence-corrected chi connectivity index (χ1v) is 8.11. The fraction of sp³-hybridized carbons (Fsp3) is 0.176. The molecule has 3 rings (SSSR count). The van der Waals surface area contributed by atoms with Crippen LogP contribution in [0.3, 0.4) is 0 Å². The van der Waals surface area contributed by atoms with Gasteiger partial charge in [-0.25, -0.2) is 0 Å². The smallest absolute Gasteiger partial charge is 0.278 e. The number of benzene rings is 1. The van der Waals surface area contributed by atoms with Crippen LogP contribution >= 0.6 is 23.2 Å². The summed E-state index contributed by atoms with van der Waals surface area (Å²) < 4.78 is 2.89. The summed E-state index contributed by atoms with van der Waals surface area (Å²) in [5.41, 5.74) is -0.180. The number of aromatic nitrogens is 2. The van der Waals surface area contributed by atoms with E-state index in [1.807, 2.05) is 0 Å². The zero-order chi connectivity index (χ0) is 17.3. The third kappa shape index (κ3) is 3.05. The Morgan fingerprint density at radius 2 is 1.71 bits per heavy atom. The second-order valence-electron chi connectivity index (χ2n) is 5.38. The highest BCUT2D eigenvalue weighted by atomic mass is 35.5. The van der Waals surface area contributed by atoms with Crippen molar-refractivity contribution < 1.29 is 5.11 Å². The summed E-state index contributed by atoms with van der Waals surface area (Å²) in [5, 5.41) is 11.0. The normalized spacial score (nSPS) is 11.1. The highest BCUT2D eigenvalue weighted by Gasteiger charge is 2.10. The van der Waals surface area contributed by atoms with Gasteiger partial charge >= 0.3 is 0 Å². The van der Waals surface area contributed by atoms with E-state index in [2.05, 4.69) is 0 Å². The second-order valence-corrected chi connectivity index (χ2v) is 6.20. The van der Waals surface area contributed by atoms with Crippen LogP contribution in [0.15, 0.2) is 52.4 Å². The zero-order valence-corrected chi connectivity index (χ0v) is 14.1. The van der Waals surface area contributed by atoms with Crippen LogP contribution in [0, 0.1) is 0 Å². The molecule has 1 aromatic carbocycles. The van der Waals surface area contributed by atoms with E-state index < -0.39 is 16.7 Å². The fourth-order valence-electron chi connectivity index (χ4n) is 2.61. The molecule has 5 nitrogen and oxygen atoms in total. The van der Waals surface area contributed by atoms with Crippen LogP contribution in [0.4, 0.5) is 0 Å². The van der Waals surface area contributed by atoms with Gasteiger partial charge in [0.15, 0.2) is 11.3 Å². The Balaban J connectivity index is 1.86. The Labute approximate surface area is 147 Å². The standard InChI is InChI=1S/C17H14Cl2N2O3/c18-12-4-1-5-13(19)11(12)3-2-7-21-10-9-20-8-6-14(22)16(23)15(20)17(21)24/h1,4-6,8-10,23H,2-3,7H2. The maximum atomic E-state index is 12.5. The van der Waals surface area contributed by atoms with Crippen molar-refractivity contribution in [2.24, 2.45) is 0 Å². The van der Waals surface area contributed by atoms with Crippen LogP contribution < -0.4 is 11.0 Å². The number of halogens is 2. The summed E-state index contributed by atoms with van der Waals surface area (Å²) in [6.07, 6.45) is 5.94. The van der Waals surface area contributed by atoms with Crippen molar-refractivity contribution >= 4 is 28.7 Å². The molecule has 0 spiro atoms. The van der Waals surface area contributed by atoms with E-state index in [4.69, 9.17) is 23.2 Å². The first kappa shape index (κ1) is 16.6. The van der Waals surface area contributed by atoms with E-state index in [1.165, 1.54) is 21.2 Å². The van der Waals surface area contributed by atoms with E-state index in [-0.39, 0.29) is 5.52 Å². The number of aromatic hydroxyl groups is 1. The Morgan fingerprint density at radius 1 is 1.00 bits per heavy atom. The molecule has 0 aliphatic rings. The van der Waals surface area contributed by atoms with Gasteiger partial charge < -0.3 is 14.1 Å². The molecule has 0 radical (unpaired) electrons. The molecule has 0 amide bonds. The molecule has 1 N–H and O–H groups in total. The lowest BCUT2D eigenvalue weighted by Crippen LogP contribution is -2.23. The van der Waals surface area contributed by atoms with Crippen molar-refractivity contribution in [2.45, 2.75) is 19.4 Å². The molecule has 7 heteroatoms. The molecule has 0 saturated carbocycles. The van der Waals surface area contributed by atoms with Crippen LogP contribution in [-0.2, 0) is 13.0 Å². The van der Waals surface area contributed by atoms with Gasteiger partial charge in [0, 0.05) is 41.2 Å². The molecule has 124 valence electrons. The van der Waals surface area contributed by atoms with Crippen LogP contribution in [0.25, 0.3) is 5.52 Å². The van der Waals surface area contributed by atoms with Crippen molar-refractivity contribution in [3.63, 3.8) is 0 Å². The lowest BCUT2D eigenvalue weighted by Gasteiger charge is -2.10. The zero-order valence-electron chi connectivity index (χ0n) is 12.6. The average molecular weight is 365 g/mol. The molecule has 0 atom stereocenters. The molecule has 0 bridgehead atoms. The molecule has 2 aromatic heterocycles. The van der Waals surface area contributed by atoms with Gasteiger partial charge in [0.1, 0.15) is 0 Å². The van der Waals surface area contributed by atoms with Gasteiger partial charge in [-0.15, -0.1) is 0 Å². The predicted molar refractivity (Wildman–Crippen MR) is 94.4 cm³/mol. The van der Waals surface area contributed by atoms with Gasteiger partial charge in [-0.1, -0.05) is 29.3 Å². The third-order valence-electron chi connectivity index (χ3n) is 3.86. The number of hydrogen-bond donors (Lipinski definition) is 1.